The summed E-state index contributed by atoms with van der Waals surface area (Å²) >= 11 is 0. The number of carbonyl (C=O) groups is 1. The second-order valence-electron chi connectivity index (χ2n) is 4.49. The van der Waals surface area contributed by atoms with Crippen molar-refractivity contribution in [3.63, 3.8) is 0 Å². The van der Waals surface area contributed by atoms with Gasteiger partial charge in [0.25, 0.3) is 0 Å². The van der Waals surface area contributed by atoms with E-state index < -0.39 is 17.8 Å². The number of alkyl halides is 3. The highest BCUT2D eigenvalue weighted by Gasteiger charge is 2.38. The van der Waals surface area contributed by atoms with Gasteiger partial charge in [0.15, 0.2) is 0 Å². The van der Waals surface area contributed by atoms with E-state index in [4.69, 9.17) is 10.5 Å². The Kier molecular flexibility index (Phi) is 3.87. The molecule has 110 valence electrons. The molecule has 0 aliphatic carbocycles. The molecule has 3 N–H and O–H groups in total. The van der Waals surface area contributed by atoms with Gasteiger partial charge in [0.2, 0.25) is 5.91 Å². The molecule has 5 nitrogen and oxygen atoms in total. The summed E-state index contributed by atoms with van der Waals surface area (Å²) in [5.74, 6) is -0.790. The van der Waals surface area contributed by atoms with Crippen molar-refractivity contribution in [1.82, 2.24) is 0 Å². The van der Waals surface area contributed by atoms with Crippen molar-refractivity contribution >= 4 is 11.6 Å². The Morgan fingerprint density at radius 2 is 2.00 bits per heavy atom. The largest absolute Gasteiger partial charge is 0.573 e. The lowest BCUT2D eigenvalue weighted by molar-refractivity contribution is -0.274. The lowest BCUT2D eigenvalue weighted by Gasteiger charge is -2.20. The zero-order chi connectivity index (χ0) is 14.8. The van der Waals surface area contributed by atoms with Gasteiger partial charge in [-0.05, 0) is 30.7 Å². The van der Waals surface area contributed by atoms with Crippen LogP contribution in [-0.2, 0) is 9.53 Å². The first-order valence-corrected chi connectivity index (χ1v) is 5.82. The van der Waals surface area contributed by atoms with Crippen molar-refractivity contribution in [2.24, 2.45) is 5.73 Å². The molecular formula is C12H13F3N2O3. The molecule has 1 aliphatic rings. The van der Waals surface area contributed by atoms with Gasteiger partial charge in [-0.2, -0.15) is 0 Å². The molecule has 0 bridgehead atoms. The molecule has 1 unspecified atom stereocenters. The summed E-state index contributed by atoms with van der Waals surface area (Å²) in [6.45, 7) is 0.524. The minimum atomic E-state index is -4.74. The number of benzene rings is 1. The predicted octanol–water partition coefficient (Wildman–Crippen LogP) is 1.64. The van der Waals surface area contributed by atoms with Crippen LogP contribution in [0.15, 0.2) is 24.3 Å². The van der Waals surface area contributed by atoms with Crippen molar-refractivity contribution < 1.29 is 27.4 Å². The molecule has 1 aromatic carbocycles. The minimum absolute atomic E-state index is 0.119. The molecule has 2 rings (SSSR count). The Balaban J connectivity index is 1.98. The molecule has 20 heavy (non-hydrogen) atoms. The fourth-order valence-corrected chi connectivity index (χ4v) is 1.76. The Morgan fingerprint density at radius 1 is 1.35 bits per heavy atom. The van der Waals surface area contributed by atoms with E-state index in [-0.39, 0.29) is 12.4 Å². The smallest absolute Gasteiger partial charge is 0.406 e. The van der Waals surface area contributed by atoms with Crippen molar-refractivity contribution in [2.75, 3.05) is 18.5 Å². The number of anilines is 1. The summed E-state index contributed by atoms with van der Waals surface area (Å²) in [6.07, 6.45) is -4.35. The number of nitrogens with one attached hydrogen (secondary N) is 1. The summed E-state index contributed by atoms with van der Waals surface area (Å²) in [5.41, 5.74) is 5.09. The first-order valence-electron chi connectivity index (χ1n) is 5.82. The zero-order valence-corrected chi connectivity index (χ0v) is 10.4. The first kappa shape index (κ1) is 14.6. The Morgan fingerprint density at radius 3 is 2.50 bits per heavy atom. The summed E-state index contributed by atoms with van der Waals surface area (Å²) in [6, 6.07) is 4.82. The first-order chi connectivity index (χ1) is 9.28. The van der Waals surface area contributed by atoms with Crippen LogP contribution in [0.5, 0.6) is 5.75 Å². The zero-order valence-electron chi connectivity index (χ0n) is 10.4. The highest BCUT2D eigenvalue weighted by Crippen LogP contribution is 2.24. The number of amides is 1. The van der Waals surface area contributed by atoms with E-state index >= 15 is 0 Å². The number of ether oxygens (including phenoxy) is 2. The Labute approximate surface area is 112 Å². The van der Waals surface area contributed by atoms with E-state index in [1.807, 2.05) is 0 Å². The van der Waals surface area contributed by atoms with Gasteiger partial charge in [-0.15, -0.1) is 13.2 Å². The van der Waals surface area contributed by atoms with Crippen molar-refractivity contribution in [1.29, 1.82) is 0 Å². The van der Waals surface area contributed by atoms with E-state index in [9.17, 15) is 18.0 Å². The van der Waals surface area contributed by atoms with Crippen LogP contribution in [0.4, 0.5) is 18.9 Å². The van der Waals surface area contributed by atoms with Crippen LogP contribution < -0.4 is 15.8 Å². The fraction of sp³-hybridized carbons (Fsp3) is 0.417. The molecule has 1 aliphatic heterocycles. The van der Waals surface area contributed by atoms with Gasteiger partial charge in [0.1, 0.15) is 11.3 Å². The lowest BCUT2D eigenvalue weighted by atomic mass is 9.99. The van der Waals surface area contributed by atoms with E-state index in [0.717, 1.165) is 12.1 Å². The maximum atomic E-state index is 12.0. The molecule has 1 amide bonds. The molecule has 1 aromatic rings. The molecule has 1 fully saturated rings. The minimum Gasteiger partial charge on any atom is -0.406 e. The van der Waals surface area contributed by atoms with Gasteiger partial charge in [-0.3, -0.25) is 4.79 Å². The molecule has 0 saturated carbocycles. The second-order valence-corrected chi connectivity index (χ2v) is 4.49. The average Bonchev–Trinajstić information content (AvgIpc) is 2.78. The third-order valence-corrected chi connectivity index (χ3v) is 2.85. The SMILES string of the molecule is NC1(C(=O)Nc2ccc(OC(F)(F)F)cc2)CCOC1. The van der Waals surface area contributed by atoms with Crippen LogP contribution in [0.3, 0.4) is 0 Å². The molecule has 8 heteroatoms. The van der Waals surface area contributed by atoms with Gasteiger partial charge >= 0.3 is 6.36 Å². The summed E-state index contributed by atoms with van der Waals surface area (Å²) in [4.78, 5) is 11.9. The Bertz CT molecular complexity index is 482. The van der Waals surface area contributed by atoms with Gasteiger partial charge < -0.3 is 20.5 Å². The van der Waals surface area contributed by atoms with E-state index in [1.54, 1.807) is 0 Å². The van der Waals surface area contributed by atoms with Crippen LogP contribution in [0.1, 0.15) is 6.42 Å². The standard InChI is InChI=1S/C12H13F3N2O3/c13-12(14,15)20-9-3-1-8(2-4-9)17-10(18)11(16)5-6-19-7-11/h1-4H,5-7,16H2,(H,17,18). The number of nitrogens with two attached hydrogens (primary N) is 1. The van der Waals surface area contributed by atoms with Gasteiger partial charge in [0, 0.05) is 12.3 Å². The molecule has 0 radical (unpaired) electrons. The number of hydrogen-bond donors (Lipinski definition) is 2. The Hall–Kier alpha value is -1.80. The average molecular weight is 290 g/mol. The lowest BCUT2D eigenvalue weighted by Crippen LogP contribution is -2.51. The van der Waals surface area contributed by atoms with E-state index in [0.29, 0.717) is 18.7 Å². The van der Waals surface area contributed by atoms with Crippen molar-refractivity contribution in [3.05, 3.63) is 24.3 Å². The molecule has 0 spiro atoms. The summed E-state index contributed by atoms with van der Waals surface area (Å²) < 4.78 is 44.7. The highest BCUT2D eigenvalue weighted by molar-refractivity contribution is 5.98. The van der Waals surface area contributed by atoms with Crippen molar-refractivity contribution in [2.45, 2.75) is 18.3 Å². The molecular weight excluding hydrogens is 277 g/mol. The van der Waals surface area contributed by atoms with Gasteiger partial charge in [0.05, 0.1) is 6.61 Å². The molecule has 1 saturated heterocycles. The van der Waals surface area contributed by atoms with E-state index in [2.05, 4.69) is 10.1 Å². The number of rotatable bonds is 3. The number of hydrogen-bond acceptors (Lipinski definition) is 4. The molecule has 1 heterocycles. The maximum absolute atomic E-state index is 12.0. The third kappa shape index (κ3) is 3.61. The third-order valence-electron chi connectivity index (χ3n) is 2.85. The van der Waals surface area contributed by atoms with Gasteiger partial charge in [-0.25, -0.2) is 0 Å². The quantitative estimate of drug-likeness (QED) is 0.887. The maximum Gasteiger partial charge on any atom is 0.573 e. The monoisotopic (exact) mass is 290 g/mol. The molecule has 0 aromatic heterocycles. The number of carbonyl (C=O) groups excluding carboxylic acids is 1. The van der Waals surface area contributed by atoms with Crippen LogP contribution >= 0.6 is 0 Å². The second kappa shape index (κ2) is 5.29. The normalized spacial score (nSPS) is 22.6. The topological polar surface area (TPSA) is 73.6 Å². The van der Waals surface area contributed by atoms with Crippen LogP contribution in [0, 0.1) is 0 Å². The van der Waals surface area contributed by atoms with Crippen LogP contribution in [-0.4, -0.2) is 31.0 Å². The number of halogens is 3. The summed E-state index contributed by atoms with van der Waals surface area (Å²) in [5, 5.41) is 2.53. The molecule has 1 atom stereocenters. The van der Waals surface area contributed by atoms with Crippen molar-refractivity contribution in [3.8, 4) is 5.75 Å². The van der Waals surface area contributed by atoms with Gasteiger partial charge in [-0.1, -0.05) is 0 Å². The summed E-state index contributed by atoms with van der Waals surface area (Å²) in [7, 11) is 0. The predicted molar refractivity (Wildman–Crippen MR) is 64.1 cm³/mol. The van der Waals surface area contributed by atoms with E-state index in [1.165, 1.54) is 12.1 Å². The fourth-order valence-electron chi connectivity index (χ4n) is 1.76. The highest BCUT2D eigenvalue weighted by atomic mass is 19.4. The van der Waals surface area contributed by atoms with Crippen LogP contribution in [0.25, 0.3) is 0 Å². The van der Waals surface area contributed by atoms with Crippen LogP contribution in [0.2, 0.25) is 0 Å².